The van der Waals surface area contributed by atoms with Crippen molar-refractivity contribution >= 4 is 15.9 Å². The number of primary amides is 1. The van der Waals surface area contributed by atoms with E-state index in [4.69, 9.17) is 5.73 Å². The van der Waals surface area contributed by atoms with Crippen molar-refractivity contribution in [3.63, 3.8) is 0 Å². The highest BCUT2D eigenvalue weighted by Crippen LogP contribution is 2.38. The number of amides is 1. The molecule has 2 rings (SSSR count). The number of carbonyl (C=O) groups is 1. The molecule has 116 valence electrons. The number of nitrogens with zero attached hydrogens (tertiary/aromatic N) is 1. The summed E-state index contributed by atoms with van der Waals surface area (Å²) in [7, 11) is -3.29. The second-order valence-electron chi connectivity index (χ2n) is 6.93. The number of hydrogen-bond donors (Lipinski definition) is 1. The van der Waals surface area contributed by atoms with E-state index in [0.29, 0.717) is 6.54 Å². The summed E-state index contributed by atoms with van der Waals surface area (Å²) in [5.41, 5.74) is 5.24. The first-order valence-corrected chi connectivity index (χ1v) is 9.12. The van der Waals surface area contributed by atoms with Gasteiger partial charge < -0.3 is 5.73 Å². The van der Waals surface area contributed by atoms with Crippen LogP contribution >= 0.6 is 0 Å². The minimum absolute atomic E-state index is 0.0152. The van der Waals surface area contributed by atoms with E-state index in [0.717, 1.165) is 25.7 Å². The number of rotatable bonds is 4. The lowest BCUT2D eigenvalue weighted by Gasteiger charge is -2.34. The lowest BCUT2D eigenvalue weighted by Crippen LogP contribution is -2.39. The molecule has 2 atom stereocenters. The van der Waals surface area contributed by atoms with Crippen molar-refractivity contribution in [2.75, 3.05) is 18.8 Å². The van der Waals surface area contributed by atoms with Crippen LogP contribution in [0.2, 0.25) is 0 Å². The highest BCUT2D eigenvalue weighted by molar-refractivity contribution is 7.89. The van der Waals surface area contributed by atoms with Gasteiger partial charge in [0.25, 0.3) is 0 Å². The van der Waals surface area contributed by atoms with Crippen molar-refractivity contribution in [1.82, 2.24) is 4.31 Å². The van der Waals surface area contributed by atoms with Gasteiger partial charge in [-0.3, -0.25) is 4.79 Å². The molecule has 1 heterocycles. The lowest BCUT2D eigenvalue weighted by atomic mass is 9.77. The van der Waals surface area contributed by atoms with E-state index in [9.17, 15) is 13.2 Å². The standard InChI is InChI=1S/C14H26N2O3S/c1-11-8-16(9-12(11)13(15)17)20(18,19)10-14(2)6-4-3-5-7-14/h11-12H,3-10H2,1-2H3,(H2,15,17)/t11-,12-/m1/s1. The maximum Gasteiger partial charge on any atom is 0.222 e. The molecule has 0 aromatic heterocycles. The summed E-state index contributed by atoms with van der Waals surface area (Å²) >= 11 is 0. The highest BCUT2D eigenvalue weighted by atomic mass is 32.2. The number of sulfonamides is 1. The van der Waals surface area contributed by atoms with Gasteiger partial charge in [0.15, 0.2) is 0 Å². The molecule has 6 heteroatoms. The predicted molar refractivity (Wildman–Crippen MR) is 78.4 cm³/mol. The predicted octanol–water partition coefficient (Wildman–Crippen LogP) is 1.34. The summed E-state index contributed by atoms with van der Waals surface area (Å²) in [6.45, 7) is 4.66. The molecule has 0 aromatic carbocycles. The summed E-state index contributed by atoms with van der Waals surface area (Å²) in [5.74, 6) is -0.512. The average molecular weight is 302 g/mol. The van der Waals surface area contributed by atoms with Gasteiger partial charge >= 0.3 is 0 Å². The van der Waals surface area contributed by atoms with Crippen LogP contribution < -0.4 is 5.73 Å². The van der Waals surface area contributed by atoms with Crippen molar-refractivity contribution in [2.45, 2.75) is 46.0 Å². The van der Waals surface area contributed by atoms with Crippen LogP contribution in [0.5, 0.6) is 0 Å². The molecule has 1 amide bonds. The van der Waals surface area contributed by atoms with Gasteiger partial charge in [-0.25, -0.2) is 12.7 Å². The van der Waals surface area contributed by atoms with Crippen LogP contribution in [0.1, 0.15) is 46.0 Å². The minimum Gasteiger partial charge on any atom is -0.369 e. The average Bonchev–Trinajstić information content (AvgIpc) is 2.72. The van der Waals surface area contributed by atoms with Crippen molar-refractivity contribution in [1.29, 1.82) is 0 Å². The SMILES string of the molecule is C[C@@H]1CN(S(=O)(=O)CC2(C)CCCCC2)C[C@H]1C(N)=O. The van der Waals surface area contributed by atoms with E-state index in [-0.39, 0.29) is 35.5 Å². The van der Waals surface area contributed by atoms with E-state index < -0.39 is 10.0 Å². The van der Waals surface area contributed by atoms with Crippen LogP contribution in [0.15, 0.2) is 0 Å². The molecule has 5 nitrogen and oxygen atoms in total. The van der Waals surface area contributed by atoms with E-state index in [1.165, 1.54) is 10.7 Å². The second kappa shape index (κ2) is 5.64. The normalized spacial score (nSPS) is 31.3. The van der Waals surface area contributed by atoms with Crippen molar-refractivity contribution in [3.05, 3.63) is 0 Å². The highest BCUT2D eigenvalue weighted by Gasteiger charge is 2.42. The zero-order valence-electron chi connectivity index (χ0n) is 12.5. The fourth-order valence-corrected chi connectivity index (χ4v) is 5.80. The van der Waals surface area contributed by atoms with Crippen LogP contribution in [0.25, 0.3) is 0 Å². The Balaban J connectivity index is 2.06. The van der Waals surface area contributed by atoms with Gasteiger partial charge in [0.1, 0.15) is 0 Å². The van der Waals surface area contributed by atoms with E-state index in [1.807, 2.05) is 6.92 Å². The van der Waals surface area contributed by atoms with Crippen LogP contribution in [-0.2, 0) is 14.8 Å². The molecule has 0 bridgehead atoms. The quantitative estimate of drug-likeness (QED) is 0.851. The van der Waals surface area contributed by atoms with Crippen molar-refractivity contribution in [3.8, 4) is 0 Å². The number of hydrogen-bond acceptors (Lipinski definition) is 3. The topological polar surface area (TPSA) is 80.5 Å². The Kier molecular flexibility index (Phi) is 4.44. The van der Waals surface area contributed by atoms with Gasteiger partial charge in [0.05, 0.1) is 11.7 Å². The van der Waals surface area contributed by atoms with E-state index in [1.54, 1.807) is 0 Å². The number of nitrogens with two attached hydrogens (primary N) is 1. The Morgan fingerprint density at radius 2 is 1.85 bits per heavy atom. The van der Waals surface area contributed by atoms with Crippen molar-refractivity contribution in [2.24, 2.45) is 23.0 Å². The zero-order chi connectivity index (χ0) is 15.0. The molecule has 0 radical (unpaired) electrons. The van der Waals surface area contributed by atoms with Gasteiger partial charge in [-0.15, -0.1) is 0 Å². The van der Waals surface area contributed by atoms with Crippen LogP contribution in [0.3, 0.4) is 0 Å². The summed E-state index contributed by atoms with van der Waals surface area (Å²) in [6, 6.07) is 0. The molecular formula is C14H26N2O3S. The molecule has 1 aliphatic heterocycles. The molecule has 0 unspecified atom stereocenters. The molecule has 1 aliphatic carbocycles. The Bertz CT molecular complexity index is 469. The summed E-state index contributed by atoms with van der Waals surface area (Å²) in [4.78, 5) is 11.3. The zero-order valence-corrected chi connectivity index (χ0v) is 13.3. The first-order chi connectivity index (χ1) is 9.23. The third kappa shape index (κ3) is 3.34. The summed E-state index contributed by atoms with van der Waals surface area (Å²) in [5, 5.41) is 0. The lowest BCUT2D eigenvalue weighted by molar-refractivity contribution is -0.122. The van der Waals surface area contributed by atoms with Gasteiger partial charge in [-0.1, -0.05) is 33.1 Å². The molecule has 20 heavy (non-hydrogen) atoms. The molecule has 2 N–H and O–H groups in total. The molecule has 0 spiro atoms. The third-order valence-electron chi connectivity index (χ3n) is 4.93. The molecule has 2 fully saturated rings. The molecule has 0 aromatic rings. The van der Waals surface area contributed by atoms with Crippen LogP contribution in [-0.4, -0.2) is 37.5 Å². The number of carbonyl (C=O) groups excluding carboxylic acids is 1. The molecule has 1 saturated heterocycles. The second-order valence-corrected chi connectivity index (χ2v) is 8.90. The molecule has 2 aliphatic rings. The minimum atomic E-state index is -3.29. The Morgan fingerprint density at radius 1 is 1.25 bits per heavy atom. The van der Waals surface area contributed by atoms with Gasteiger partial charge in [-0.05, 0) is 24.2 Å². The maximum atomic E-state index is 12.6. The van der Waals surface area contributed by atoms with E-state index >= 15 is 0 Å². The fraction of sp³-hybridized carbons (Fsp3) is 0.929. The monoisotopic (exact) mass is 302 g/mol. The summed E-state index contributed by atoms with van der Waals surface area (Å²) < 4.78 is 26.7. The molecule has 1 saturated carbocycles. The Hall–Kier alpha value is -0.620. The maximum absolute atomic E-state index is 12.6. The van der Waals surface area contributed by atoms with Crippen LogP contribution in [0.4, 0.5) is 0 Å². The Labute approximate surface area is 121 Å². The van der Waals surface area contributed by atoms with E-state index in [2.05, 4.69) is 6.92 Å². The summed E-state index contributed by atoms with van der Waals surface area (Å²) in [6.07, 6.45) is 5.41. The first-order valence-electron chi connectivity index (χ1n) is 7.51. The Morgan fingerprint density at radius 3 is 2.35 bits per heavy atom. The first kappa shape index (κ1) is 15.8. The third-order valence-corrected chi connectivity index (χ3v) is 7.08. The fourth-order valence-electron chi connectivity index (χ4n) is 3.60. The van der Waals surface area contributed by atoms with Crippen LogP contribution in [0, 0.1) is 17.3 Å². The van der Waals surface area contributed by atoms with Crippen molar-refractivity contribution < 1.29 is 13.2 Å². The smallest absolute Gasteiger partial charge is 0.222 e. The van der Waals surface area contributed by atoms with Gasteiger partial charge in [0.2, 0.25) is 15.9 Å². The van der Waals surface area contributed by atoms with Gasteiger partial charge in [-0.2, -0.15) is 0 Å². The molecular weight excluding hydrogens is 276 g/mol. The largest absolute Gasteiger partial charge is 0.369 e. The van der Waals surface area contributed by atoms with Gasteiger partial charge in [0, 0.05) is 13.1 Å².